The number of piperidine rings is 1. The first-order valence-corrected chi connectivity index (χ1v) is 12.5. The van der Waals surface area contributed by atoms with Crippen LogP contribution in [0.25, 0.3) is 0 Å². The molecule has 1 amide bonds. The number of rotatable bonds is 6. The number of nitrogens with two attached hydrogens (primary N) is 1. The van der Waals surface area contributed by atoms with Gasteiger partial charge in [0.2, 0.25) is 26.0 Å². The number of aryl methyl sites for hydroxylation is 1. The van der Waals surface area contributed by atoms with E-state index in [1.165, 1.54) is 16.4 Å². The van der Waals surface area contributed by atoms with E-state index >= 15 is 0 Å². The number of amides is 1. The fourth-order valence-corrected chi connectivity index (χ4v) is 5.40. The van der Waals surface area contributed by atoms with Crippen molar-refractivity contribution in [1.29, 1.82) is 0 Å². The minimum absolute atomic E-state index is 0.00168. The molecule has 1 aliphatic heterocycles. The molecule has 30 heavy (non-hydrogen) atoms. The number of nitrogens with one attached hydrogen (secondary N) is 1. The number of primary sulfonamides is 1. The summed E-state index contributed by atoms with van der Waals surface area (Å²) in [7, 11) is -7.41. The highest BCUT2D eigenvalue weighted by Gasteiger charge is 2.33. The molecule has 162 valence electrons. The summed E-state index contributed by atoms with van der Waals surface area (Å²) in [5.74, 6) is -0.669. The first-order valence-electron chi connectivity index (χ1n) is 9.53. The highest BCUT2D eigenvalue weighted by Crippen LogP contribution is 2.24. The van der Waals surface area contributed by atoms with Crippen molar-refractivity contribution in [1.82, 2.24) is 9.62 Å². The van der Waals surface area contributed by atoms with Gasteiger partial charge in [-0.15, -0.1) is 0 Å². The van der Waals surface area contributed by atoms with Gasteiger partial charge in [-0.3, -0.25) is 4.79 Å². The van der Waals surface area contributed by atoms with Crippen LogP contribution in [0.1, 0.15) is 24.0 Å². The fraction of sp³-hybridized carbons (Fsp3) is 0.350. The predicted octanol–water partition coefficient (Wildman–Crippen LogP) is 1.36. The van der Waals surface area contributed by atoms with Crippen LogP contribution < -0.4 is 10.5 Å². The van der Waals surface area contributed by atoms with Crippen LogP contribution in [0.15, 0.2) is 58.3 Å². The van der Waals surface area contributed by atoms with Gasteiger partial charge in [-0.1, -0.05) is 29.8 Å². The van der Waals surface area contributed by atoms with Gasteiger partial charge in [-0.25, -0.2) is 22.0 Å². The van der Waals surface area contributed by atoms with Crippen LogP contribution in [0.5, 0.6) is 0 Å². The van der Waals surface area contributed by atoms with E-state index in [0.717, 1.165) is 11.1 Å². The van der Waals surface area contributed by atoms with Gasteiger partial charge in [0.25, 0.3) is 0 Å². The van der Waals surface area contributed by atoms with Crippen LogP contribution in [0, 0.1) is 12.8 Å². The molecule has 0 bridgehead atoms. The maximum absolute atomic E-state index is 12.9. The highest BCUT2D eigenvalue weighted by atomic mass is 32.2. The van der Waals surface area contributed by atoms with Gasteiger partial charge >= 0.3 is 0 Å². The van der Waals surface area contributed by atoms with E-state index in [-0.39, 0.29) is 28.8 Å². The summed E-state index contributed by atoms with van der Waals surface area (Å²) in [4.78, 5) is 12.8. The molecule has 3 rings (SSSR count). The number of carbonyl (C=O) groups excluding carboxylic acids is 1. The molecule has 0 spiro atoms. The van der Waals surface area contributed by atoms with Crippen molar-refractivity contribution >= 4 is 26.0 Å². The Kier molecular flexibility index (Phi) is 6.61. The second-order valence-electron chi connectivity index (χ2n) is 7.42. The van der Waals surface area contributed by atoms with E-state index < -0.39 is 26.0 Å². The van der Waals surface area contributed by atoms with Crippen LogP contribution >= 0.6 is 0 Å². The molecule has 8 nitrogen and oxygen atoms in total. The van der Waals surface area contributed by atoms with E-state index in [9.17, 15) is 21.6 Å². The van der Waals surface area contributed by atoms with Crippen LogP contribution in [-0.2, 0) is 31.4 Å². The van der Waals surface area contributed by atoms with Gasteiger partial charge in [0.15, 0.2) is 0 Å². The second-order valence-corrected chi connectivity index (χ2v) is 10.9. The molecular formula is C20H25N3O5S2. The lowest BCUT2D eigenvalue weighted by molar-refractivity contribution is -0.126. The fourth-order valence-electron chi connectivity index (χ4n) is 3.36. The van der Waals surface area contributed by atoms with Crippen molar-refractivity contribution in [3.63, 3.8) is 0 Å². The van der Waals surface area contributed by atoms with Crippen molar-refractivity contribution in [2.75, 3.05) is 13.1 Å². The molecule has 2 aromatic carbocycles. The molecule has 10 heteroatoms. The van der Waals surface area contributed by atoms with Crippen LogP contribution in [-0.4, -0.2) is 40.1 Å². The Labute approximate surface area is 177 Å². The molecule has 1 fully saturated rings. The Morgan fingerprint density at radius 2 is 1.63 bits per heavy atom. The lowest BCUT2D eigenvalue weighted by Gasteiger charge is -2.31. The summed E-state index contributed by atoms with van der Waals surface area (Å²) in [6.45, 7) is 2.62. The summed E-state index contributed by atoms with van der Waals surface area (Å²) in [6.07, 6.45) is 1.21. The lowest BCUT2D eigenvalue weighted by atomic mass is 9.99. The third-order valence-corrected chi connectivity index (χ3v) is 7.94. The maximum atomic E-state index is 12.9. The Bertz CT molecular complexity index is 1110. The Hall–Kier alpha value is -2.27. The van der Waals surface area contributed by atoms with E-state index in [1.54, 1.807) is 36.4 Å². The molecule has 1 atom stereocenters. The molecule has 1 saturated heterocycles. The number of nitrogens with zero attached hydrogens (tertiary/aromatic N) is 1. The van der Waals surface area contributed by atoms with Crippen LogP contribution in [0.3, 0.4) is 0 Å². The lowest BCUT2D eigenvalue weighted by Crippen LogP contribution is -2.45. The molecule has 2 aromatic rings. The topological polar surface area (TPSA) is 127 Å². The second kappa shape index (κ2) is 8.84. The number of hydrogen-bond acceptors (Lipinski definition) is 5. The van der Waals surface area contributed by atoms with E-state index in [4.69, 9.17) is 5.14 Å². The molecule has 0 saturated carbocycles. The van der Waals surface area contributed by atoms with Crippen molar-refractivity contribution in [2.24, 2.45) is 11.1 Å². The van der Waals surface area contributed by atoms with E-state index in [2.05, 4.69) is 5.32 Å². The number of sulfonamides is 2. The standard InChI is InChI=1S/C20H25N3O5S2/c1-15-4-8-19(9-5-15)30(27,28)23-12-2-3-17(14-23)20(24)22-13-16-6-10-18(11-7-16)29(21,25)26/h4-11,17H,2-3,12-14H2,1H3,(H,22,24)(H2,21,25,26)/t17-/m0/s1. The zero-order valence-electron chi connectivity index (χ0n) is 16.6. The molecule has 0 radical (unpaired) electrons. The maximum Gasteiger partial charge on any atom is 0.243 e. The first kappa shape index (κ1) is 22.4. The minimum atomic E-state index is -3.76. The van der Waals surface area contributed by atoms with Crippen molar-refractivity contribution in [2.45, 2.75) is 36.1 Å². The van der Waals surface area contributed by atoms with Crippen molar-refractivity contribution in [3.05, 3.63) is 59.7 Å². The van der Waals surface area contributed by atoms with E-state index in [0.29, 0.717) is 19.4 Å². The molecule has 0 aromatic heterocycles. The average Bonchev–Trinajstić information content (AvgIpc) is 2.72. The Balaban J connectivity index is 1.62. The van der Waals surface area contributed by atoms with Crippen LogP contribution in [0.4, 0.5) is 0 Å². The zero-order chi connectivity index (χ0) is 21.9. The number of hydrogen-bond donors (Lipinski definition) is 2. The predicted molar refractivity (Wildman–Crippen MR) is 112 cm³/mol. The molecule has 0 unspecified atom stereocenters. The summed E-state index contributed by atoms with van der Waals surface area (Å²) in [5.41, 5.74) is 1.69. The van der Waals surface area contributed by atoms with Gasteiger partial charge in [-0.2, -0.15) is 4.31 Å². The Morgan fingerprint density at radius 3 is 2.23 bits per heavy atom. The zero-order valence-corrected chi connectivity index (χ0v) is 18.2. The quantitative estimate of drug-likeness (QED) is 0.686. The van der Waals surface area contributed by atoms with Gasteiger partial charge < -0.3 is 5.32 Å². The smallest absolute Gasteiger partial charge is 0.243 e. The third kappa shape index (κ3) is 5.25. The van der Waals surface area contributed by atoms with E-state index in [1.807, 2.05) is 6.92 Å². The summed E-state index contributed by atoms with van der Waals surface area (Å²) in [6, 6.07) is 12.6. The monoisotopic (exact) mass is 451 g/mol. The van der Waals surface area contributed by atoms with Crippen LogP contribution in [0.2, 0.25) is 0 Å². The SMILES string of the molecule is Cc1ccc(S(=O)(=O)N2CCC[C@H](C(=O)NCc3ccc(S(N)(=O)=O)cc3)C2)cc1. The largest absolute Gasteiger partial charge is 0.352 e. The van der Waals surface area contributed by atoms with Crippen molar-refractivity contribution < 1.29 is 21.6 Å². The highest BCUT2D eigenvalue weighted by molar-refractivity contribution is 7.89. The minimum Gasteiger partial charge on any atom is -0.352 e. The van der Waals surface area contributed by atoms with Gasteiger partial charge in [0.1, 0.15) is 0 Å². The normalized spacial score (nSPS) is 18.1. The van der Waals surface area contributed by atoms with Gasteiger partial charge in [-0.05, 0) is 49.6 Å². The summed E-state index contributed by atoms with van der Waals surface area (Å²) in [5, 5.41) is 7.88. The summed E-state index contributed by atoms with van der Waals surface area (Å²) >= 11 is 0. The molecule has 1 aliphatic rings. The number of carbonyl (C=O) groups is 1. The van der Waals surface area contributed by atoms with Crippen molar-refractivity contribution in [3.8, 4) is 0 Å². The molecule has 0 aliphatic carbocycles. The molecular weight excluding hydrogens is 426 g/mol. The number of benzene rings is 2. The molecule has 3 N–H and O–H groups in total. The Morgan fingerprint density at radius 1 is 1.03 bits per heavy atom. The first-order chi connectivity index (χ1) is 14.1. The third-order valence-electron chi connectivity index (χ3n) is 5.13. The van der Waals surface area contributed by atoms with Gasteiger partial charge in [0, 0.05) is 19.6 Å². The average molecular weight is 452 g/mol. The summed E-state index contributed by atoms with van der Waals surface area (Å²) < 4.78 is 49.8. The molecule has 1 heterocycles. The van der Waals surface area contributed by atoms with Gasteiger partial charge in [0.05, 0.1) is 15.7 Å².